The standard InChI is InChI=1S/C17H33N3O2/c1-18-12-13-20(15-16(18)8-14-21)17(22)7-6-11-19-9-4-2-3-5-10-19/h16,21H,2-15H2,1H3/t16-/m1/s1. The van der Waals surface area contributed by atoms with E-state index in [0.29, 0.717) is 18.4 Å². The number of hydrogen-bond acceptors (Lipinski definition) is 4. The Morgan fingerprint density at radius 3 is 2.50 bits per heavy atom. The van der Waals surface area contributed by atoms with Gasteiger partial charge in [0.2, 0.25) is 5.91 Å². The maximum atomic E-state index is 12.4. The van der Waals surface area contributed by atoms with Crippen LogP contribution >= 0.6 is 0 Å². The van der Waals surface area contributed by atoms with E-state index >= 15 is 0 Å². The van der Waals surface area contributed by atoms with Crippen molar-refractivity contribution in [2.45, 2.75) is 51.0 Å². The molecule has 5 heteroatoms. The van der Waals surface area contributed by atoms with Crippen LogP contribution < -0.4 is 0 Å². The summed E-state index contributed by atoms with van der Waals surface area (Å²) in [4.78, 5) is 19.2. The highest BCUT2D eigenvalue weighted by molar-refractivity contribution is 5.76. The maximum Gasteiger partial charge on any atom is 0.222 e. The zero-order chi connectivity index (χ0) is 15.8. The van der Waals surface area contributed by atoms with Crippen LogP contribution in [0.5, 0.6) is 0 Å². The van der Waals surface area contributed by atoms with Gasteiger partial charge in [0.05, 0.1) is 0 Å². The molecule has 2 aliphatic heterocycles. The second kappa shape index (κ2) is 9.48. The Balaban J connectivity index is 1.68. The molecular weight excluding hydrogens is 278 g/mol. The van der Waals surface area contributed by atoms with Gasteiger partial charge in [-0.15, -0.1) is 0 Å². The predicted octanol–water partition coefficient (Wildman–Crippen LogP) is 1.17. The molecule has 0 unspecified atom stereocenters. The number of amides is 1. The van der Waals surface area contributed by atoms with Gasteiger partial charge in [0.25, 0.3) is 0 Å². The van der Waals surface area contributed by atoms with Gasteiger partial charge in [0, 0.05) is 38.7 Å². The van der Waals surface area contributed by atoms with E-state index in [1.165, 1.54) is 38.8 Å². The van der Waals surface area contributed by atoms with E-state index in [4.69, 9.17) is 5.11 Å². The summed E-state index contributed by atoms with van der Waals surface area (Å²) in [6, 6.07) is 0.313. The van der Waals surface area contributed by atoms with E-state index < -0.39 is 0 Å². The minimum absolute atomic E-state index is 0.200. The smallest absolute Gasteiger partial charge is 0.222 e. The molecule has 1 atom stereocenters. The van der Waals surface area contributed by atoms with E-state index in [0.717, 1.165) is 39.0 Å². The lowest BCUT2D eigenvalue weighted by Gasteiger charge is -2.39. The molecule has 0 aliphatic carbocycles. The van der Waals surface area contributed by atoms with Crippen LogP contribution in [-0.2, 0) is 4.79 Å². The number of carbonyl (C=O) groups excluding carboxylic acids is 1. The SMILES string of the molecule is CN1CCN(C(=O)CCCN2CCCCCC2)C[C@H]1CCO. The van der Waals surface area contributed by atoms with Gasteiger partial charge in [-0.3, -0.25) is 9.69 Å². The monoisotopic (exact) mass is 311 g/mol. The van der Waals surface area contributed by atoms with Crippen molar-refractivity contribution in [3.8, 4) is 0 Å². The third-order valence-corrected chi connectivity index (χ3v) is 5.16. The summed E-state index contributed by atoms with van der Waals surface area (Å²) in [5, 5.41) is 9.13. The van der Waals surface area contributed by atoms with Crippen molar-refractivity contribution < 1.29 is 9.90 Å². The molecule has 1 N–H and O–H groups in total. The fourth-order valence-corrected chi connectivity index (χ4v) is 3.61. The van der Waals surface area contributed by atoms with Crippen LogP contribution in [0.1, 0.15) is 44.9 Å². The second-order valence-corrected chi connectivity index (χ2v) is 6.85. The van der Waals surface area contributed by atoms with E-state index in [-0.39, 0.29) is 6.61 Å². The van der Waals surface area contributed by atoms with Gasteiger partial charge in [-0.2, -0.15) is 0 Å². The zero-order valence-electron chi connectivity index (χ0n) is 14.2. The fraction of sp³-hybridized carbons (Fsp3) is 0.941. The van der Waals surface area contributed by atoms with Crippen molar-refractivity contribution in [2.75, 3.05) is 52.9 Å². The third kappa shape index (κ3) is 5.52. The molecule has 5 nitrogen and oxygen atoms in total. The highest BCUT2D eigenvalue weighted by Gasteiger charge is 2.26. The van der Waals surface area contributed by atoms with Gasteiger partial charge in [-0.05, 0) is 52.4 Å². The van der Waals surface area contributed by atoms with Crippen LogP contribution in [-0.4, -0.2) is 84.7 Å². The molecule has 2 heterocycles. The number of rotatable bonds is 6. The highest BCUT2D eigenvalue weighted by atomic mass is 16.3. The molecule has 0 aromatic heterocycles. The van der Waals surface area contributed by atoms with Gasteiger partial charge >= 0.3 is 0 Å². The van der Waals surface area contributed by atoms with Crippen molar-refractivity contribution in [2.24, 2.45) is 0 Å². The third-order valence-electron chi connectivity index (χ3n) is 5.16. The van der Waals surface area contributed by atoms with Crippen LogP contribution in [0.3, 0.4) is 0 Å². The van der Waals surface area contributed by atoms with E-state index in [1.807, 2.05) is 4.90 Å². The Bertz CT molecular complexity index is 330. The molecule has 0 spiro atoms. The molecule has 0 aromatic carbocycles. The van der Waals surface area contributed by atoms with Crippen molar-refractivity contribution in [3.63, 3.8) is 0 Å². The van der Waals surface area contributed by atoms with Gasteiger partial charge in [0.15, 0.2) is 0 Å². The first-order chi connectivity index (χ1) is 10.7. The minimum Gasteiger partial charge on any atom is -0.396 e. The molecule has 2 fully saturated rings. The normalized spacial score (nSPS) is 25.2. The Labute approximate surface area is 135 Å². The molecule has 0 aromatic rings. The van der Waals surface area contributed by atoms with Gasteiger partial charge in [0.1, 0.15) is 0 Å². The Kier molecular flexibility index (Phi) is 7.63. The zero-order valence-corrected chi connectivity index (χ0v) is 14.2. The van der Waals surface area contributed by atoms with Crippen LogP contribution in [0.15, 0.2) is 0 Å². The van der Waals surface area contributed by atoms with Crippen molar-refractivity contribution in [1.82, 2.24) is 14.7 Å². The first-order valence-corrected chi connectivity index (χ1v) is 9.02. The lowest BCUT2D eigenvalue weighted by Crippen LogP contribution is -2.53. The Morgan fingerprint density at radius 2 is 1.82 bits per heavy atom. The predicted molar refractivity (Wildman–Crippen MR) is 88.8 cm³/mol. The number of aliphatic hydroxyl groups excluding tert-OH is 1. The molecule has 22 heavy (non-hydrogen) atoms. The molecule has 128 valence electrons. The van der Waals surface area contributed by atoms with Gasteiger partial charge in [-0.1, -0.05) is 12.8 Å². The number of nitrogens with zero attached hydrogens (tertiary/aromatic N) is 3. The molecule has 2 saturated heterocycles. The number of piperazine rings is 1. The van der Waals surface area contributed by atoms with Crippen molar-refractivity contribution in [1.29, 1.82) is 0 Å². The van der Waals surface area contributed by atoms with Gasteiger partial charge < -0.3 is 14.9 Å². The summed E-state index contributed by atoms with van der Waals surface area (Å²) in [7, 11) is 2.08. The Hall–Kier alpha value is -0.650. The first-order valence-electron chi connectivity index (χ1n) is 9.02. The Morgan fingerprint density at radius 1 is 1.09 bits per heavy atom. The first kappa shape index (κ1) is 17.7. The van der Waals surface area contributed by atoms with E-state index in [1.54, 1.807) is 0 Å². The summed E-state index contributed by atoms with van der Waals surface area (Å²) >= 11 is 0. The van der Waals surface area contributed by atoms with E-state index in [2.05, 4.69) is 16.8 Å². The van der Waals surface area contributed by atoms with Crippen LogP contribution in [0.4, 0.5) is 0 Å². The van der Waals surface area contributed by atoms with Crippen LogP contribution in [0.2, 0.25) is 0 Å². The summed E-state index contributed by atoms with van der Waals surface area (Å²) < 4.78 is 0. The summed E-state index contributed by atoms with van der Waals surface area (Å²) in [5.41, 5.74) is 0. The second-order valence-electron chi connectivity index (χ2n) is 6.85. The van der Waals surface area contributed by atoms with Crippen molar-refractivity contribution >= 4 is 5.91 Å². The summed E-state index contributed by atoms with van der Waals surface area (Å²) in [6.45, 7) is 6.22. The van der Waals surface area contributed by atoms with E-state index in [9.17, 15) is 4.79 Å². The number of aliphatic hydroxyl groups is 1. The molecule has 1 amide bonds. The fourth-order valence-electron chi connectivity index (χ4n) is 3.61. The highest BCUT2D eigenvalue weighted by Crippen LogP contribution is 2.14. The van der Waals surface area contributed by atoms with Crippen molar-refractivity contribution in [3.05, 3.63) is 0 Å². The average Bonchev–Trinajstić information content (AvgIpc) is 2.78. The molecule has 0 bridgehead atoms. The van der Waals surface area contributed by atoms with Gasteiger partial charge in [-0.25, -0.2) is 0 Å². The minimum atomic E-state index is 0.200. The number of likely N-dealkylation sites (tertiary alicyclic amines) is 1. The number of likely N-dealkylation sites (N-methyl/N-ethyl adjacent to an activating group) is 1. The van der Waals surface area contributed by atoms with Crippen LogP contribution in [0.25, 0.3) is 0 Å². The molecule has 2 rings (SSSR count). The van der Waals surface area contributed by atoms with Crippen LogP contribution in [0, 0.1) is 0 Å². The lowest BCUT2D eigenvalue weighted by molar-refractivity contribution is -0.134. The average molecular weight is 311 g/mol. The molecule has 0 radical (unpaired) electrons. The topological polar surface area (TPSA) is 47.0 Å². The number of carbonyl (C=O) groups is 1. The molecular formula is C17H33N3O2. The molecule has 2 aliphatic rings. The largest absolute Gasteiger partial charge is 0.396 e. The quantitative estimate of drug-likeness (QED) is 0.800. The summed E-state index contributed by atoms with van der Waals surface area (Å²) in [6.07, 6.45) is 7.77. The lowest BCUT2D eigenvalue weighted by atomic mass is 10.1. The molecule has 0 saturated carbocycles. The maximum absolute atomic E-state index is 12.4. The summed E-state index contributed by atoms with van der Waals surface area (Å²) in [5.74, 6) is 0.297. The number of hydrogen-bond donors (Lipinski definition) is 1.